The molecule has 1 heterocycles. The van der Waals surface area contributed by atoms with E-state index >= 15 is 0 Å². The topological polar surface area (TPSA) is 42.0 Å². The zero-order valence-electron chi connectivity index (χ0n) is 11.5. The van der Waals surface area contributed by atoms with Gasteiger partial charge in [0.2, 0.25) is 0 Å². The number of rotatable bonds is 2. The molecule has 1 aliphatic carbocycles. The molecular formula is C15H14BrFN2OS. The Morgan fingerprint density at radius 3 is 3.10 bits per heavy atom. The predicted molar refractivity (Wildman–Crippen MR) is 85.4 cm³/mol. The molecule has 0 radical (unpaired) electrons. The Hall–Kier alpha value is -1.27. The first kappa shape index (κ1) is 14.7. The monoisotopic (exact) mass is 368 g/mol. The van der Waals surface area contributed by atoms with Crippen molar-refractivity contribution in [3.8, 4) is 0 Å². The lowest BCUT2D eigenvalue weighted by molar-refractivity contribution is 0.102. The largest absolute Gasteiger partial charge is 0.298 e. The number of carbonyl (C=O) groups excluding carboxylic acids is 1. The van der Waals surface area contributed by atoms with Crippen LogP contribution in [0.15, 0.2) is 22.7 Å². The molecule has 3 nitrogen and oxygen atoms in total. The number of anilines is 1. The number of thiazole rings is 1. The average Bonchev–Trinajstić information content (AvgIpc) is 2.79. The van der Waals surface area contributed by atoms with Crippen LogP contribution >= 0.6 is 27.3 Å². The van der Waals surface area contributed by atoms with Crippen LogP contribution in [0.4, 0.5) is 9.52 Å². The quantitative estimate of drug-likeness (QED) is 0.852. The first-order valence-corrected chi connectivity index (χ1v) is 8.39. The van der Waals surface area contributed by atoms with E-state index in [1.54, 1.807) is 6.07 Å². The number of hydrogen-bond acceptors (Lipinski definition) is 3. The highest BCUT2D eigenvalue weighted by Crippen LogP contribution is 2.32. The van der Waals surface area contributed by atoms with E-state index in [2.05, 4.69) is 33.2 Å². The number of carbonyl (C=O) groups is 1. The van der Waals surface area contributed by atoms with Crippen molar-refractivity contribution in [1.29, 1.82) is 0 Å². The number of aromatic nitrogens is 1. The summed E-state index contributed by atoms with van der Waals surface area (Å²) in [5, 5.41) is 3.26. The van der Waals surface area contributed by atoms with Gasteiger partial charge >= 0.3 is 0 Å². The van der Waals surface area contributed by atoms with Gasteiger partial charge in [-0.2, -0.15) is 0 Å². The van der Waals surface area contributed by atoms with Crippen LogP contribution in [0, 0.1) is 11.7 Å². The highest BCUT2D eigenvalue weighted by atomic mass is 79.9. The standard InChI is InChI=1S/C15H14BrFN2OS/c1-8-2-5-12-13(6-8)21-15(18-12)19-14(20)10-4-3-9(16)7-11(10)17/h3-4,7-8H,2,5-6H2,1H3,(H,18,19,20)/t8-/m0/s1. The second-order valence-electron chi connectivity index (χ2n) is 5.32. The minimum absolute atomic E-state index is 0.0275. The van der Waals surface area contributed by atoms with Gasteiger partial charge in [0.25, 0.3) is 5.91 Å². The van der Waals surface area contributed by atoms with E-state index < -0.39 is 11.7 Å². The van der Waals surface area contributed by atoms with Gasteiger partial charge in [0, 0.05) is 9.35 Å². The molecule has 0 fully saturated rings. The van der Waals surface area contributed by atoms with Crippen molar-refractivity contribution in [2.75, 3.05) is 5.32 Å². The molecule has 110 valence electrons. The number of nitrogens with one attached hydrogen (secondary N) is 1. The van der Waals surface area contributed by atoms with Crippen LogP contribution in [0.2, 0.25) is 0 Å². The molecule has 0 bridgehead atoms. The van der Waals surface area contributed by atoms with Crippen LogP contribution in [0.3, 0.4) is 0 Å². The maximum absolute atomic E-state index is 13.8. The number of aryl methyl sites for hydroxylation is 1. The van der Waals surface area contributed by atoms with Gasteiger partial charge in [0.15, 0.2) is 5.13 Å². The maximum atomic E-state index is 13.8. The Kier molecular flexibility index (Phi) is 4.08. The number of nitrogens with zero attached hydrogens (tertiary/aromatic N) is 1. The van der Waals surface area contributed by atoms with Gasteiger partial charge in [0.05, 0.1) is 11.3 Å². The van der Waals surface area contributed by atoms with Gasteiger partial charge < -0.3 is 0 Å². The van der Waals surface area contributed by atoms with E-state index in [4.69, 9.17) is 0 Å². The van der Waals surface area contributed by atoms with Gasteiger partial charge in [-0.05, 0) is 43.4 Å². The van der Waals surface area contributed by atoms with Gasteiger partial charge in [0.1, 0.15) is 5.82 Å². The van der Waals surface area contributed by atoms with Crippen LogP contribution in [-0.4, -0.2) is 10.9 Å². The van der Waals surface area contributed by atoms with E-state index in [9.17, 15) is 9.18 Å². The molecule has 1 N–H and O–H groups in total. The van der Waals surface area contributed by atoms with Crippen molar-refractivity contribution in [2.45, 2.75) is 26.2 Å². The summed E-state index contributed by atoms with van der Waals surface area (Å²) in [6.45, 7) is 2.22. The average molecular weight is 369 g/mol. The summed E-state index contributed by atoms with van der Waals surface area (Å²) in [6.07, 6.45) is 3.09. The molecule has 0 aliphatic heterocycles. The van der Waals surface area contributed by atoms with Crippen LogP contribution in [0.25, 0.3) is 0 Å². The van der Waals surface area contributed by atoms with E-state index in [-0.39, 0.29) is 5.56 Å². The van der Waals surface area contributed by atoms with Crippen molar-refractivity contribution in [3.63, 3.8) is 0 Å². The first-order valence-electron chi connectivity index (χ1n) is 6.78. The van der Waals surface area contributed by atoms with Gasteiger partial charge in [-0.1, -0.05) is 22.9 Å². The van der Waals surface area contributed by atoms with Crippen LogP contribution in [0.1, 0.15) is 34.3 Å². The number of hydrogen-bond donors (Lipinski definition) is 1. The van der Waals surface area contributed by atoms with E-state index in [1.165, 1.54) is 28.3 Å². The Morgan fingerprint density at radius 2 is 2.33 bits per heavy atom. The molecule has 0 unspecified atom stereocenters. The van der Waals surface area contributed by atoms with Gasteiger partial charge in [-0.15, -0.1) is 11.3 Å². The molecule has 3 rings (SSSR count). The van der Waals surface area contributed by atoms with E-state index in [1.807, 2.05) is 0 Å². The lowest BCUT2D eigenvalue weighted by Crippen LogP contribution is -2.13. The van der Waals surface area contributed by atoms with Crippen molar-refractivity contribution in [3.05, 3.63) is 44.6 Å². The minimum Gasteiger partial charge on any atom is -0.298 e. The summed E-state index contributed by atoms with van der Waals surface area (Å²) >= 11 is 4.67. The number of benzene rings is 1. The molecule has 0 saturated carbocycles. The van der Waals surface area contributed by atoms with Gasteiger partial charge in [-0.3, -0.25) is 10.1 Å². The fourth-order valence-corrected chi connectivity index (χ4v) is 3.93. The molecule has 1 atom stereocenters. The summed E-state index contributed by atoms with van der Waals surface area (Å²) in [6, 6.07) is 4.39. The first-order chi connectivity index (χ1) is 10.0. The molecule has 1 aromatic heterocycles. The molecule has 1 aromatic carbocycles. The Balaban J connectivity index is 1.79. The Morgan fingerprint density at radius 1 is 1.52 bits per heavy atom. The lowest BCUT2D eigenvalue weighted by atomic mass is 9.93. The summed E-state index contributed by atoms with van der Waals surface area (Å²) in [5.41, 5.74) is 1.10. The highest BCUT2D eigenvalue weighted by molar-refractivity contribution is 9.10. The zero-order chi connectivity index (χ0) is 15.0. The zero-order valence-corrected chi connectivity index (χ0v) is 13.9. The van der Waals surface area contributed by atoms with Crippen molar-refractivity contribution >= 4 is 38.3 Å². The molecule has 1 aliphatic rings. The summed E-state index contributed by atoms with van der Waals surface area (Å²) in [7, 11) is 0. The van der Waals surface area contributed by atoms with Crippen molar-refractivity contribution in [2.24, 2.45) is 5.92 Å². The van der Waals surface area contributed by atoms with Crippen LogP contribution in [0.5, 0.6) is 0 Å². The number of fused-ring (bicyclic) bond motifs is 1. The van der Waals surface area contributed by atoms with E-state index in [0.717, 1.165) is 25.0 Å². The summed E-state index contributed by atoms with van der Waals surface area (Å²) in [5.74, 6) is -0.346. The molecule has 0 spiro atoms. The van der Waals surface area contributed by atoms with Crippen molar-refractivity contribution < 1.29 is 9.18 Å². The predicted octanol–water partition coefficient (Wildman–Crippen LogP) is 4.42. The fourth-order valence-electron chi connectivity index (χ4n) is 2.43. The second kappa shape index (κ2) is 5.85. The van der Waals surface area contributed by atoms with E-state index in [0.29, 0.717) is 15.5 Å². The molecule has 0 saturated heterocycles. The summed E-state index contributed by atoms with van der Waals surface area (Å²) in [4.78, 5) is 17.8. The third kappa shape index (κ3) is 3.16. The summed E-state index contributed by atoms with van der Waals surface area (Å²) < 4.78 is 14.4. The highest BCUT2D eigenvalue weighted by Gasteiger charge is 2.21. The normalized spacial score (nSPS) is 17.4. The molecule has 21 heavy (non-hydrogen) atoms. The van der Waals surface area contributed by atoms with Gasteiger partial charge in [-0.25, -0.2) is 9.37 Å². The van der Waals surface area contributed by atoms with Crippen molar-refractivity contribution in [1.82, 2.24) is 4.98 Å². The third-order valence-electron chi connectivity index (χ3n) is 3.58. The lowest BCUT2D eigenvalue weighted by Gasteiger charge is -2.15. The minimum atomic E-state index is -0.545. The molecular weight excluding hydrogens is 355 g/mol. The molecule has 6 heteroatoms. The maximum Gasteiger partial charge on any atom is 0.260 e. The fraction of sp³-hybridized carbons (Fsp3) is 0.333. The third-order valence-corrected chi connectivity index (χ3v) is 5.11. The number of halogens is 2. The van der Waals surface area contributed by atoms with Crippen LogP contribution in [-0.2, 0) is 12.8 Å². The smallest absolute Gasteiger partial charge is 0.260 e. The Bertz CT molecular complexity index is 701. The molecule has 1 amide bonds. The molecule has 2 aromatic rings. The van der Waals surface area contributed by atoms with Crippen LogP contribution < -0.4 is 5.32 Å². The SMILES string of the molecule is C[C@H]1CCc2nc(NC(=O)c3ccc(Br)cc3F)sc2C1. The Labute approximate surface area is 134 Å². The second-order valence-corrected chi connectivity index (χ2v) is 7.31. The number of amides is 1.